The SMILES string of the molecule is C=C(COc1cccc(F)c1C#N)C(=O)OCC. The zero-order chi connectivity index (χ0) is 13.5. The average Bonchev–Trinajstić information content (AvgIpc) is 2.36. The summed E-state index contributed by atoms with van der Waals surface area (Å²) in [7, 11) is 0. The third-order valence-corrected chi connectivity index (χ3v) is 2.05. The molecular weight excluding hydrogens is 237 g/mol. The first kappa shape index (κ1) is 13.7. The number of benzene rings is 1. The van der Waals surface area contributed by atoms with Gasteiger partial charge in [0, 0.05) is 0 Å². The van der Waals surface area contributed by atoms with E-state index in [9.17, 15) is 9.18 Å². The van der Waals surface area contributed by atoms with Crippen LogP contribution in [0.25, 0.3) is 0 Å². The monoisotopic (exact) mass is 249 g/mol. The Hall–Kier alpha value is -2.35. The molecule has 18 heavy (non-hydrogen) atoms. The maximum Gasteiger partial charge on any atom is 0.336 e. The molecule has 5 heteroatoms. The lowest BCUT2D eigenvalue weighted by Gasteiger charge is -2.09. The third-order valence-electron chi connectivity index (χ3n) is 2.05. The van der Waals surface area contributed by atoms with Crippen LogP contribution in [0.3, 0.4) is 0 Å². The van der Waals surface area contributed by atoms with Gasteiger partial charge in [0.1, 0.15) is 29.8 Å². The number of hydrogen-bond donors (Lipinski definition) is 0. The number of nitriles is 1. The molecule has 0 amide bonds. The second-order valence-electron chi connectivity index (χ2n) is 3.34. The zero-order valence-electron chi connectivity index (χ0n) is 9.90. The van der Waals surface area contributed by atoms with Crippen LogP contribution < -0.4 is 4.74 Å². The highest BCUT2D eigenvalue weighted by Gasteiger charge is 2.12. The van der Waals surface area contributed by atoms with Crippen LogP contribution in [0.1, 0.15) is 12.5 Å². The van der Waals surface area contributed by atoms with Gasteiger partial charge in [-0.15, -0.1) is 0 Å². The van der Waals surface area contributed by atoms with Gasteiger partial charge in [-0.05, 0) is 19.1 Å². The summed E-state index contributed by atoms with van der Waals surface area (Å²) in [6.07, 6.45) is 0. The molecule has 1 aromatic rings. The van der Waals surface area contributed by atoms with Crippen molar-refractivity contribution < 1.29 is 18.7 Å². The lowest BCUT2D eigenvalue weighted by Crippen LogP contribution is -2.13. The number of halogens is 1. The van der Waals surface area contributed by atoms with Crippen molar-refractivity contribution in [2.45, 2.75) is 6.92 Å². The molecule has 0 spiro atoms. The summed E-state index contributed by atoms with van der Waals surface area (Å²) in [6.45, 7) is 5.24. The van der Waals surface area contributed by atoms with E-state index in [1.54, 1.807) is 13.0 Å². The molecule has 1 aromatic carbocycles. The van der Waals surface area contributed by atoms with Crippen LogP contribution in [0.5, 0.6) is 5.75 Å². The molecular formula is C13H12FNO3. The third kappa shape index (κ3) is 3.32. The summed E-state index contributed by atoms with van der Waals surface area (Å²) in [4.78, 5) is 11.2. The van der Waals surface area contributed by atoms with E-state index >= 15 is 0 Å². The second kappa shape index (κ2) is 6.40. The van der Waals surface area contributed by atoms with Gasteiger partial charge in [-0.1, -0.05) is 12.6 Å². The predicted molar refractivity (Wildman–Crippen MR) is 62.4 cm³/mol. The fraction of sp³-hybridized carbons (Fsp3) is 0.231. The minimum absolute atomic E-state index is 0.0722. The second-order valence-corrected chi connectivity index (χ2v) is 3.34. The Labute approximate surface area is 104 Å². The highest BCUT2D eigenvalue weighted by molar-refractivity contribution is 5.88. The normalized spacial score (nSPS) is 9.39. The van der Waals surface area contributed by atoms with Crippen LogP contribution >= 0.6 is 0 Å². The average molecular weight is 249 g/mol. The molecule has 1 rings (SSSR count). The Morgan fingerprint density at radius 2 is 2.28 bits per heavy atom. The van der Waals surface area contributed by atoms with Gasteiger partial charge in [-0.2, -0.15) is 5.26 Å². The lowest BCUT2D eigenvalue weighted by atomic mass is 10.2. The van der Waals surface area contributed by atoms with E-state index < -0.39 is 11.8 Å². The van der Waals surface area contributed by atoms with E-state index in [1.807, 2.05) is 0 Å². The van der Waals surface area contributed by atoms with E-state index in [1.165, 1.54) is 12.1 Å². The largest absolute Gasteiger partial charge is 0.487 e. The quantitative estimate of drug-likeness (QED) is 0.593. The molecule has 4 nitrogen and oxygen atoms in total. The van der Waals surface area contributed by atoms with Crippen molar-refractivity contribution in [2.75, 3.05) is 13.2 Å². The Morgan fingerprint density at radius 3 is 2.89 bits per heavy atom. The summed E-state index contributed by atoms with van der Waals surface area (Å²) < 4.78 is 23.1. The number of hydrogen-bond acceptors (Lipinski definition) is 4. The molecule has 0 aliphatic heterocycles. The molecule has 0 unspecified atom stereocenters. The van der Waals surface area contributed by atoms with E-state index in [0.29, 0.717) is 0 Å². The first-order valence-corrected chi connectivity index (χ1v) is 5.26. The number of ether oxygens (including phenoxy) is 2. The van der Waals surface area contributed by atoms with Gasteiger partial charge in [-0.3, -0.25) is 0 Å². The fourth-order valence-electron chi connectivity index (χ4n) is 1.19. The molecule has 0 saturated carbocycles. The molecule has 0 atom stereocenters. The number of rotatable bonds is 5. The van der Waals surface area contributed by atoms with Crippen molar-refractivity contribution >= 4 is 5.97 Å². The summed E-state index contributed by atoms with van der Waals surface area (Å²) in [5.41, 5.74) is -0.0980. The molecule has 0 saturated heterocycles. The zero-order valence-corrected chi connectivity index (χ0v) is 9.90. The smallest absolute Gasteiger partial charge is 0.336 e. The lowest BCUT2D eigenvalue weighted by molar-refractivity contribution is -0.138. The maximum atomic E-state index is 13.2. The van der Waals surface area contributed by atoms with Crippen molar-refractivity contribution in [3.05, 3.63) is 41.7 Å². The summed E-state index contributed by atoms with van der Waals surface area (Å²) in [5.74, 6) is -1.17. The van der Waals surface area contributed by atoms with E-state index in [-0.39, 0.29) is 30.1 Å². The van der Waals surface area contributed by atoms with Crippen molar-refractivity contribution in [1.29, 1.82) is 5.26 Å². The molecule has 0 radical (unpaired) electrons. The summed E-state index contributed by atoms with van der Waals surface area (Å²) >= 11 is 0. The standard InChI is InChI=1S/C13H12FNO3/c1-3-17-13(16)9(2)8-18-12-6-4-5-11(14)10(12)7-15/h4-6H,2-3,8H2,1H3. The Bertz CT molecular complexity index is 505. The molecule has 0 aliphatic carbocycles. The number of nitrogens with zero attached hydrogens (tertiary/aromatic N) is 1. The van der Waals surface area contributed by atoms with Gasteiger partial charge >= 0.3 is 5.97 Å². The van der Waals surface area contributed by atoms with Crippen LogP contribution in [-0.4, -0.2) is 19.2 Å². The molecule has 0 aromatic heterocycles. The molecule has 0 bridgehead atoms. The van der Waals surface area contributed by atoms with Crippen molar-refractivity contribution in [2.24, 2.45) is 0 Å². The Morgan fingerprint density at radius 1 is 1.56 bits per heavy atom. The van der Waals surface area contributed by atoms with E-state index in [4.69, 9.17) is 14.7 Å². The minimum atomic E-state index is -0.670. The van der Waals surface area contributed by atoms with Crippen molar-refractivity contribution in [3.8, 4) is 11.8 Å². The molecule has 94 valence electrons. The highest BCUT2D eigenvalue weighted by Crippen LogP contribution is 2.20. The predicted octanol–water partition coefficient (Wildman–Crippen LogP) is 2.20. The van der Waals surface area contributed by atoms with Gasteiger partial charge in [-0.25, -0.2) is 9.18 Å². The van der Waals surface area contributed by atoms with E-state index in [2.05, 4.69) is 6.58 Å². The summed E-state index contributed by atoms with van der Waals surface area (Å²) in [6, 6.07) is 5.71. The van der Waals surface area contributed by atoms with Gasteiger partial charge in [0.05, 0.1) is 12.2 Å². The molecule has 0 fully saturated rings. The summed E-state index contributed by atoms with van der Waals surface area (Å²) in [5, 5.41) is 8.77. The Kier molecular flexibility index (Phi) is 4.88. The number of carbonyl (C=O) groups is 1. The van der Waals surface area contributed by atoms with Crippen molar-refractivity contribution in [1.82, 2.24) is 0 Å². The van der Waals surface area contributed by atoms with Crippen LogP contribution in [0, 0.1) is 17.1 Å². The van der Waals surface area contributed by atoms with Gasteiger partial charge in [0.25, 0.3) is 0 Å². The molecule has 0 N–H and O–H groups in total. The highest BCUT2D eigenvalue weighted by atomic mass is 19.1. The van der Waals surface area contributed by atoms with Gasteiger partial charge in [0.2, 0.25) is 0 Å². The Balaban J connectivity index is 2.70. The van der Waals surface area contributed by atoms with Crippen LogP contribution in [0.4, 0.5) is 4.39 Å². The maximum absolute atomic E-state index is 13.2. The first-order chi connectivity index (χ1) is 8.60. The van der Waals surface area contributed by atoms with E-state index in [0.717, 1.165) is 6.07 Å². The van der Waals surface area contributed by atoms with Gasteiger partial charge < -0.3 is 9.47 Å². The van der Waals surface area contributed by atoms with Crippen LogP contribution in [-0.2, 0) is 9.53 Å². The van der Waals surface area contributed by atoms with Crippen molar-refractivity contribution in [3.63, 3.8) is 0 Å². The minimum Gasteiger partial charge on any atom is -0.487 e. The molecule has 0 aliphatic rings. The topological polar surface area (TPSA) is 59.3 Å². The fourth-order valence-corrected chi connectivity index (χ4v) is 1.19. The van der Waals surface area contributed by atoms with Crippen LogP contribution in [0.2, 0.25) is 0 Å². The number of esters is 1. The van der Waals surface area contributed by atoms with Crippen LogP contribution in [0.15, 0.2) is 30.4 Å². The molecule has 0 heterocycles. The first-order valence-electron chi connectivity index (χ1n) is 5.26. The number of carbonyl (C=O) groups excluding carboxylic acids is 1. The van der Waals surface area contributed by atoms with Gasteiger partial charge in [0.15, 0.2) is 0 Å².